The highest BCUT2D eigenvalue weighted by molar-refractivity contribution is 6.08. The summed E-state index contributed by atoms with van der Waals surface area (Å²) in [7, 11) is 0. The summed E-state index contributed by atoms with van der Waals surface area (Å²) in [4.78, 5) is 13.5. The Kier molecular flexibility index (Phi) is 2.56. The van der Waals surface area contributed by atoms with Gasteiger partial charge in [0.05, 0.1) is 0 Å². The van der Waals surface area contributed by atoms with E-state index in [-0.39, 0.29) is 12.5 Å². The first-order valence-corrected chi connectivity index (χ1v) is 4.96. The number of aliphatic hydroxyl groups excluding tert-OH is 1. The molecule has 1 heterocycles. The average molecular weight is 203 g/mol. The number of hydrogen-bond donors (Lipinski definition) is 1. The van der Waals surface area contributed by atoms with Gasteiger partial charge >= 0.3 is 0 Å². The third kappa shape index (κ3) is 1.55. The van der Waals surface area contributed by atoms with Gasteiger partial charge in [0, 0.05) is 30.0 Å². The first-order chi connectivity index (χ1) is 7.25. The second-order valence-corrected chi connectivity index (χ2v) is 3.53. The minimum Gasteiger partial charge on any atom is -0.396 e. The molecule has 1 aliphatic rings. The van der Waals surface area contributed by atoms with Gasteiger partial charge in [-0.25, -0.2) is 0 Å². The highest BCUT2D eigenvalue weighted by atomic mass is 16.3. The zero-order chi connectivity index (χ0) is 10.8. The predicted molar refractivity (Wildman–Crippen MR) is 58.2 cm³/mol. The monoisotopic (exact) mass is 203 g/mol. The lowest BCUT2D eigenvalue weighted by Crippen LogP contribution is -2.24. The standard InChI is InChI=1S/C12H13NO2/c1-9-10-5-2-3-6-11(10)12(15)13(9)7-4-8-14/h2-3,5-6,14H,1,4,7-8H2. The maximum absolute atomic E-state index is 11.9. The molecule has 78 valence electrons. The molecule has 0 unspecified atom stereocenters. The fraction of sp³-hybridized carbons (Fsp3) is 0.250. The molecule has 0 radical (unpaired) electrons. The van der Waals surface area contributed by atoms with E-state index in [1.54, 1.807) is 4.90 Å². The molecule has 1 N–H and O–H groups in total. The quantitative estimate of drug-likeness (QED) is 0.808. The summed E-state index contributed by atoms with van der Waals surface area (Å²) >= 11 is 0. The minimum absolute atomic E-state index is 0.0101. The van der Waals surface area contributed by atoms with Gasteiger partial charge in [-0.15, -0.1) is 0 Å². The number of fused-ring (bicyclic) bond motifs is 1. The van der Waals surface area contributed by atoms with Crippen molar-refractivity contribution in [2.75, 3.05) is 13.2 Å². The van der Waals surface area contributed by atoms with Crippen LogP contribution < -0.4 is 0 Å². The van der Waals surface area contributed by atoms with Crippen molar-refractivity contribution < 1.29 is 9.90 Å². The van der Waals surface area contributed by atoms with Gasteiger partial charge < -0.3 is 10.0 Å². The molecule has 15 heavy (non-hydrogen) atoms. The molecule has 2 rings (SSSR count). The molecule has 1 amide bonds. The first-order valence-electron chi connectivity index (χ1n) is 4.96. The summed E-state index contributed by atoms with van der Waals surface area (Å²) < 4.78 is 0. The Morgan fingerprint density at radius 2 is 1.93 bits per heavy atom. The summed E-state index contributed by atoms with van der Waals surface area (Å²) in [6, 6.07) is 7.45. The summed E-state index contributed by atoms with van der Waals surface area (Å²) in [5, 5.41) is 8.75. The maximum Gasteiger partial charge on any atom is 0.258 e. The summed E-state index contributed by atoms with van der Waals surface area (Å²) in [5.41, 5.74) is 2.35. The average Bonchev–Trinajstić information content (AvgIpc) is 2.51. The van der Waals surface area contributed by atoms with Crippen molar-refractivity contribution in [3.05, 3.63) is 42.0 Å². The topological polar surface area (TPSA) is 40.5 Å². The lowest BCUT2D eigenvalue weighted by Gasteiger charge is -2.16. The zero-order valence-electron chi connectivity index (χ0n) is 8.44. The number of hydrogen-bond acceptors (Lipinski definition) is 2. The van der Waals surface area contributed by atoms with Gasteiger partial charge in [-0.1, -0.05) is 24.8 Å². The van der Waals surface area contributed by atoms with E-state index in [1.165, 1.54) is 0 Å². The number of nitrogens with zero attached hydrogens (tertiary/aromatic N) is 1. The normalized spacial score (nSPS) is 14.6. The molecule has 1 aromatic carbocycles. The minimum atomic E-state index is -0.0101. The van der Waals surface area contributed by atoms with Crippen LogP contribution in [0.1, 0.15) is 22.3 Å². The number of carbonyl (C=O) groups excluding carboxylic acids is 1. The number of carbonyl (C=O) groups is 1. The van der Waals surface area contributed by atoms with Crippen LogP contribution in [0.2, 0.25) is 0 Å². The molecule has 0 bridgehead atoms. The lowest BCUT2D eigenvalue weighted by atomic mass is 10.1. The van der Waals surface area contributed by atoms with E-state index < -0.39 is 0 Å². The van der Waals surface area contributed by atoms with E-state index in [4.69, 9.17) is 5.11 Å². The Labute approximate surface area is 88.6 Å². The molecule has 0 saturated carbocycles. The van der Waals surface area contributed by atoms with E-state index >= 15 is 0 Å². The fourth-order valence-electron chi connectivity index (χ4n) is 1.80. The van der Waals surface area contributed by atoms with Crippen LogP contribution in [0.15, 0.2) is 30.8 Å². The zero-order valence-corrected chi connectivity index (χ0v) is 8.44. The van der Waals surface area contributed by atoms with Gasteiger partial charge in [0.25, 0.3) is 5.91 Å². The van der Waals surface area contributed by atoms with Crippen LogP contribution in [0.5, 0.6) is 0 Å². The Morgan fingerprint density at radius 3 is 2.53 bits per heavy atom. The number of amides is 1. The van der Waals surface area contributed by atoms with Crippen molar-refractivity contribution in [1.29, 1.82) is 0 Å². The number of aliphatic hydroxyl groups is 1. The maximum atomic E-state index is 11.9. The molecule has 3 heteroatoms. The molecule has 0 saturated heterocycles. The van der Waals surface area contributed by atoms with Crippen molar-refractivity contribution in [2.45, 2.75) is 6.42 Å². The molecule has 1 aromatic rings. The molecule has 0 fully saturated rings. The summed E-state index contributed by atoms with van der Waals surface area (Å²) in [6.07, 6.45) is 0.582. The SMILES string of the molecule is C=C1c2ccccc2C(=O)N1CCCO. The van der Waals surface area contributed by atoms with Crippen molar-refractivity contribution in [1.82, 2.24) is 4.90 Å². The Bertz CT molecular complexity index is 377. The number of rotatable bonds is 3. The third-order valence-corrected chi connectivity index (χ3v) is 2.58. The van der Waals surface area contributed by atoms with Crippen molar-refractivity contribution >= 4 is 11.6 Å². The predicted octanol–water partition coefficient (Wildman–Crippen LogP) is 1.50. The lowest BCUT2D eigenvalue weighted by molar-refractivity contribution is 0.0844. The first kappa shape index (κ1) is 9.93. The van der Waals surface area contributed by atoms with Gasteiger partial charge in [0.1, 0.15) is 0 Å². The number of benzene rings is 1. The largest absolute Gasteiger partial charge is 0.396 e. The summed E-state index contributed by atoms with van der Waals surface area (Å²) in [6.45, 7) is 4.53. The molecule has 0 atom stereocenters. The highest BCUT2D eigenvalue weighted by Gasteiger charge is 2.29. The van der Waals surface area contributed by atoms with E-state index in [2.05, 4.69) is 6.58 Å². The van der Waals surface area contributed by atoms with Crippen molar-refractivity contribution in [2.24, 2.45) is 0 Å². The second-order valence-electron chi connectivity index (χ2n) is 3.53. The molecule has 0 spiro atoms. The molecular weight excluding hydrogens is 190 g/mol. The fourth-order valence-corrected chi connectivity index (χ4v) is 1.80. The van der Waals surface area contributed by atoms with Gasteiger partial charge in [-0.2, -0.15) is 0 Å². The second kappa shape index (κ2) is 3.87. The highest BCUT2D eigenvalue weighted by Crippen LogP contribution is 2.30. The van der Waals surface area contributed by atoms with Gasteiger partial charge in [0.2, 0.25) is 0 Å². The Morgan fingerprint density at radius 1 is 1.27 bits per heavy atom. The smallest absolute Gasteiger partial charge is 0.258 e. The summed E-state index contributed by atoms with van der Waals surface area (Å²) in [5.74, 6) is -0.0101. The van der Waals surface area contributed by atoms with E-state index in [1.807, 2.05) is 24.3 Å². The van der Waals surface area contributed by atoms with E-state index in [9.17, 15) is 4.79 Å². The van der Waals surface area contributed by atoms with Gasteiger partial charge in [-0.3, -0.25) is 4.79 Å². The molecule has 0 aromatic heterocycles. The van der Waals surface area contributed by atoms with Crippen molar-refractivity contribution in [3.8, 4) is 0 Å². The van der Waals surface area contributed by atoms with E-state index in [0.717, 1.165) is 11.3 Å². The molecule has 3 nitrogen and oxygen atoms in total. The van der Waals surface area contributed by atoms with E-state index in [0.29, 0.717) is 18.5 Å². The van der Waals surface area contributed by atoms with Crippen LogP contribution in [0.25, 0.3) is 5.70 Å². The Hall–Kier alpha value is -1.61. The van der Waals surface area contributed by atoms with Gasteiger partial charge in [-0.05, 0) is 12.5 Å². The Balaban J connectivity index is 2.29. The van der Waals surface area contributed by atoms with Gasteiger partial charge in [0.15, 0.2) is 0 Å². The van der Waals surface area contributed by atoms with Crippen LogP contribution in [0.4, 0.5) is 0 Å². The molecule has 1 aliphatic heterocycles. The van der Waals surface area contributed by atoms with Crippen LogP contribution in [-0.4, -0.2) is 29.1 Å². The van der Waals surface area contributed by atoms with Crippen LogP contribution >= 0.6 is 0 Å². The van der Waals surface area contributed by atoms with Crippen LogP contribution in [-0.2, 0) is 0 Å². The van der Waals surface area contributed by atoms with Crippen molar-refractivity contribution in [3.63, 3.8) is 0 Å². The van der Waals surface area contributed by atoms with Crippen LogP contribution in [0, 0.1) is 0 Å². The third-order valence-electron chi connectivity index (χ3n) is 2.58. The van der Waals surface area contributed by atoms with Crippen LogP contribution in [0.3, 0.4) is 0 Å². The molecular formula is C12H13NO2. The molecule has 0 aliphatic carbocycles.